The highest BCUT2D eigenvalue weighted by atomic mass is 16.3. The van der Waals surface area contributed by atoms with Gasteiger partial charge in [-0.05, 0) is 78.1 Å². The van der Waals surface area contributed by atoms with Gasteiger partial charge >= 0.3 is 0 Å². The topological polar surface area (TPSA) is 26.7 Å². The normalized spacial score (nSPS) is 13.2. The van der Waals surface area contributed by atoms with Crippen LogP contribution >= 0.6 is 0 Å². The molecule has 0 bridgehead atoms. The molecule has 0 aromatic heterocycles. The molecule has 0 fully saturated rings. The Hall–Kier alpha value is -0.900. The quantitative estimate of drug-likeness (QED) is 0.830. The summed E-state index contributed by atoms with van der Waals surface area (Å²) in [4.78, 5) is 4.41. The number of likely N-dealkylation sites (N-methyl/N-ethyl adjacent to an activating group) is 1. The van der Waals surface area contributed by atoms with Crippen LogP contribution in [0.25, 0.3) is 0 Å². The van der Waals surface area contributed by atoms with Crippen LogP contribution in [0.4, 0.5) is 0 Å². The Kier molecular flexibility index (Phi) is 6.66. The number of hydrogen-bond acceptors (Lipinski definition) is 3. The largest absolute Gasteiger partial charge is 0.387 e. The van der Waals surface area contributed by atoms with Crippen molar-refractivity contribution < 1.29 is 5.11 Å². The lowest BCUT2D eigenvalue weighted by Crippen LogP contribution is -2.28. The van der Waals surface area contributed by atoms with Crippen molar-refractivity contribution in [3.8, 4) is 0 Å². The summed E-state index contributed by atoms with van der Waals surface area (Å²) in [5, 5.41) is 10.5. The van der Waals surface area contributed by atoms with Crippen molar-refractivity contribution in [2.45, 2.75) is 33.3 Å². The summed E-state index contributed by atoms with van der Waals surface area (Å²) < 4.78 is 0. The molecule has 0 spiro atoms. The minimum atomic E-state index is -0.403. The highest BCUT2D eigenvalue weighted by Gasteiger charge is 2.15. The number of aryl methyl sites for hydroxylation is 3. The van der Waals surface area contributed by atoms with Crippen LogP contribution < -0.4 is 0 Å². The summed E-state index contributed by atoms with van der Waals surface area (Å²) in [6.07, 6.45) is 0.724. The van der Waals surface area contributed by atoms with Crippen molar-refractivity contribution in [1.29, 1.82) is 0 Å². The third kappa shape index (κ3) is 5.23. The van der Waals surface area contributed by atoms with Crippen LogP contribution in [-0.4, -0.2) is 55.7 Å². The van der Waals surface area contributed by atoms with Crippen molar-refractivity contribution >= 4 is 0 Å². The van der Waals surface area contributed by atoms with E-state index in [0.717, 1.165) is 25.1 Å². The predicted molar refractivity (Wildman–Crippen MR) is 86.3 cm³/mol. The van der Waals surface area contributed by atoms with Gasteiger partial charge in [0.15, 0.2) is 0 Å². The zero-order valence-corrected chi connectivity index (χ0v) is 13.9. The molecule has 0 amide bonds. The van der Waals surface area contributed by atoms with Gasteiger partial charge in [-0.15, -0.1) is 0 Å². The van der Waals surface area contributed by atoms with E-state index in [0.29, 0.717) is 6.54 Å². The van der Waals surface area contributed by atoms with E-state index >= 15 is 0 Å². The minimum Gasteiger partial charge on any atom is -0.387 e. The number of benzene rings is 1. The summed E-state index contributed by atoms with van der Waals surface area (Å²) in [6, 6.07) is 4.30. The second-order valence-corrected chi connectivity index (χ2v) is 6.25. The average Bonchev–Trinajstić information content (AvgIpc) is 2.26. The molecule has 20 heavy (non-hydrogen) atoms. The molecule has 1 unspecified atom stereocenters. The Morgan fingerprint density at radius 3 is 2.05 bits per heavy atom. The molecular formula is C17H30N2O. The molecule has 0 aliphatic rings. The molecule has 0 radical (unpaired) electrons. The molecule has 1 aromatic carbocycles. The predicted octanol–water partition coefficient (Wildman–Crippen LogP) is 2.53. The van der Waals surface area contributed by atoms with Crippen LogP contribution in [0.1, 0.15) is 34.8 Å². The van der Waals surface area contributed by atoms with Crippen molar-refractivity contribution in [3.05, 3.63) is 34.4 Å². The maximum Gasteiger partial charge on any atom is 0.0921 e. The number of nitrogens with zero attached hydrogens (tertiary/aromatic N) is 2. The van der Waals surface area contributed by atoms with Crippen molar-refractivity contribution in [3.63, 3.8) is 0 Å². The molecule has 1 N–H and O–H groups in total. The van der Waals surface area contributed by atoms with Gasteiger partial charge in [0, 0.05) is 6.54 Å². The third-order valence-corrected chi connectivity index (χ3v) is 3.70. The molecule has 114 valence electrons. The maximum absolute atomic E-state index is 10.5. The molecule has 0 aliphatic heterocycles. The number of aliphatic hydroxyl groups is 1. The molecule has 1 aromatic rings. The summed E-state index contributed by atoms with van der Waals surface area (Å²) in [5.41, 5.74) is 4.73. The Morgan fingerprint density at radius 1 is 1.00 bits per heavy atom. The van der Waals surface area contributed by atoms with Gasteiger partial charge in [-0.2, -0.15) is 0 Å². The minimum absolute atomic E-state index is 0.403. The molecular weight excluding hydrogens is 248 g/mol. The van der Waals surface area contributed by atoms with Gasteiger partial charge in [0.25, 0.3) is 0 Å². The van der Waals surface area contributed by atoms with Crippen LogP contribution in [0.5, 0.6) is 0 Å². The van der Waals surface area contributed by atoms with E-state index in [2.05, 4.69) is 63.8 Å². The lowest BCUT2D eigenvalue weighted by Gasteiger charge is -2.24. The molecule has 1 atom stereocenters. The smallest absolute Gasteiger partial charge is 0.0921 e. The molecule has 3 heteroatoms. The van der Waals surface area contributed by atoms with Crippen LogP contribution in [0.3, 0.4) is 0 Å². The zero-order valence-electron chi connectivity index (χ0n) is 13.9. The summed E-state index contributed by atoms with van der Waals surface area (Å²) in [5.74, 6) is 0. The van der Waals surface area contributed by atoms with E-state index in [-0.39, 0.29) is 0 Å². The lowest BCUT2D eigenvalue weighted by molar-refractivity contribution is 0.124. The molecule has 0 aliphatic carbocycles. The van der Waals surface area contributed by atoms with E-state index in [1.807, 2.05) is 0 Å². The standard InChI is InChI=1S/C17H30N2O/c1-13-10-14(2)17(15(3)11-13)16(20)12-19(6)9-7-8-18(4)5/h10-11,16,20H,7-9,12H2,1-6H3. The first-order chi connectivity index (χ1) is 9.31. The van der Waals surface area contributed by atoms with Gasteiger partial charge in [0.05, 0.1) is 6.10 Å². The van der Waals surface area contributed by atoms with Gasteiger partial charge in [-0.25, -0.2) is 0 Å². The van der Waals surface area contributed by atoms with E-state index < -0.39 is 6.10 Å². The van der Waals surface area contributed by atoms with Crippen LogP contribution in [0.2, 0.25) is 0 Å². The van der Waals surface area contributed by atoms with Gasteiger partial charge < -0.3 is 14.9 Å². The van der Waals surface area contributed by atoms with Gasteiger partial charge in [-0.1, -0.05) is 17.7 Å². The number of rotatable bonds is 7. The molecule has 3 nitrogen and oxygen atoms in total. The van der Waals surface area contributed by atoms with Crippen molar-refractivity contribution in [2.24, 2.45) is 0 Å². The van der Waals surface area contributed by atoms with Crippen LogP contribution in [0, 0.1) is 20.8 Å². The lowest BCUT2D eigenvalue weighted by atomic mass is 9.95. The van der Waals surface area contributed by atoms with Gasteiger partial charge in [-0.3, -0.25) is 0 Å². The summed E-state index contributed by atoms with van der Waals surface area (Å²) in [7, 11) is 6.26. The molecule has 0 saturated heterocycles. The fraction of sp³-hybridized carbons (Fsp3) is 0.647. The second kappa shape index (κ2) is 7.77. The first-order valence-electron chi connectivity index (χ1n) is 7.40. The van der Waals surface area contributed by atoms with Gasteiger partial charge in [0.2, 0.25) is 0 Å². The monoisotopic (exact) mass is 278 g/mol. The summed E-state index contributed by atoms with van der Waals surface area (Å²) >= 11 is 0. The fourth-order valence-corrected chi connectivity index (χ4v) is 2.85. The SMILES string of the molecule is Cc1cc(C)c(C(O)CN(C)CCCN(C)C)c(C)c1. The summed E-state index contributed by atoms with van der Waals surface area (Å²) in [6.45, 7) is 9.07. The molecule has 0 saturated carbocycles. The zero-order chi connectivity index (χ0) is 15.3. The first-order valence-corrected chi connectivity index (χ1v) is 7.40. The number of hydrogen-bond donors (Lipinski definition) is 1. The first kappa shape index (κ1) is 17.2. The maximum atomic E-state index is 10.5. The highest BCUT2D eigenvalue weighted by Crippen LogP contribution is 2.24. The second-order valence-electron chi connectivity index (χ2n) is 6.25. The Labute approximate surface area is 124 Å². The van der Waals surface area contributed by atoms with E-state index in [4.69, 9.17) is 0 Å². The van der Waals surface area contributed by atoms with Crippen LogP contribution in [-0.2, 0) is 0 Å². The van der Waals surface area contributed by atoms with E-state index in [9.17, 15) is 5.11 Å². The molecule has 1 rings (SSSR count). The Bertz CT molecular complexity index is 406. The van der Waals surface area contributed by atoms with E-state index in [1.54, 1.807) is 0 Å². The van der Waals surface area contributed by atoms with E-state index in [1.165, 1.54) is 16.7 Å². The van der Waals surface area contributed by atoms with Gasteiger partial charge in [0.1, 0.15) is 0 Å². The Balaban J connectivity index is 2.60. The Morgan fingerprint density at radius 2 is 1.55 bits per heavy atom. The fourth-order valence-electron chi connectivity index (χ4n) is 2.85. The molecule has 0 heterocycles. The third-order valence-electron chi connectivity index (χ3n) is 3.70. The van der Waals surface area contributed by atoms with Crippen molar-refractivity contribution in [2.75, 3.05) is 40.8 Å². The van der Waals surface area contributed by atoms with Crippen molar-refractivity contribution in [1.82, 2.24) is 9.80 Å². The van der Waals surface area contributed by atoms with Crippen LogP contribution in [0.15, 0.2) is 12.1 Å². The average molecular weight is 278 g/mol. The highest BCUT2D eigenvalue weighted by molar-refractivity contribution is 5.39. The number of aliphatic hydroxyl groups excluding tert-OH is 1.